The van der Waals surface area contributed by atoms with Gasteiger partial charge in [0.2, 0.25) is 17.8 Å². The summed E-state index contributed by atoms with van der Waals surface area (Å²) in [6, 6.07) is 2.25. The average Bonchev–Trinajstić information content (AvgIpc) is 2.82. The van der Waals surface area contributed by atoms with E-state index in [1.807, 2.05) is 11.8 Å². The van der Waals surface area contributed by atoms with Crippen LogP contribution in [0.25, 0.3) is 0 Å². The van der Waals surface area contributed by atoms with Gasteiger partial charge in [0, 0.05) is 35.2 Å². The zero-order valence-electron chi connectivity index (χ0n) is 16.7. The second-order valence-electron chi connectivity index (χ2n) is 7.90. The predicted octanol–water partition coefficient (Wildman–Crippen LogP) is 4.73. The summed E-state index contributed by atoms with van der Waals surface area (Å²) >= 11 is 1.38. The Morgan fingerprint density at radius 3 is 2.50 bits per heavy atom. The van der Waals surface area contributed by atoms with Gasteiger partial charge in [0.05, 0.1) is 7.06 Å². The maximum atomic E-state index is 13.8. The van der Waals surface area contributed by atoms with Crippen LogP contribution in [0.4, 0.5) is 14.5 Å². The van der Waals surface area contributed by atoms with Crippen molar-refractivity contribution in [1.82, 2.24) is 9.88 Å². The maximum absolute atomic E-state index is 13.8. The number of hydrogen-bond donors (Lipinski definition) is 0. The number of nitrogens with zero attached hydrogens (tertiary/aromatic N) is 3. The highest BCUT2D eigenvalue weighted by atomic mass is 32.2. The van der Waals surface area contributed by atoms with Gasteiger partial charge >= 0.3 is 0 Å². The molecule has 1 aromatic heterocycles. The van der Waals surface area contributed by atoms with Crippen LogP contribution < -0.4 is 4.90 Å². The highest BCUT2D eigenvalue weighted by Gasteiger charge is 2.47. The number of thioether (sulfide) groups is 1. The molecule has 2 aliphatic rings. The number of carbonyl (C=O) groups is 1. The fourth-order valence-electron chi connectivity index (χ4n) is 3.49. The third kappa shape index (κ3) is 3.46. The Kier molecular flexibility index (Phi) is 4.67. The zero-order valence-corrected chi connectivity index (χ0v) is 16.5. The lowest BCUT2D eigenvalue weighted by Gasteiger charge is -2.52. The van der Waals surface area contributed by atoms with Gasteiger partial charge in [-0.3, -0.25) is 9.69 Å². The molecule has 0 radical (unpaired) electrons. The minimum atomic E-state index is -0.971. The van der Waals surface area contributed by atoms with Gasteiger partial charge in [-0.25, -0.2) is 0 Å². The summed E-state index contributed by atoms with van der Waals surface area (Å²) in [6.45, 7) is 9.64. The summed E-state index contributed by atoms with van der Waals surface area (Å²) in [6.07, 6.45) is 2.33. The van der Waals surface area contributed by atoms with Crippen molar-refractivity contribution in [2.75, 3.05) is 4.90 Å². The second-order valence-corrected chi connectivity index (χ2v) is 9.17. The highest BCUT2D eigenvalue weighted by molar-refractivity contribution is 8.03. The van der Waals surface area contributed by atoms with E-state index in [9.17, 15) is 13.6 Å². The molecule has 7 heteroatoms. The van der Waals surface area contributed by atoms with Gasteiger partial charge in [-0.15, -0.1) is 0 Å². The predicted molar refractivity (Wildman–Crippen MR) is 100 cm³/mol. The standard InChI is InChI=1S/C19H25F2N3OS/c1-11(2)17(25)24(13-8-15(20)22-16(21)9-13)18-23(10-12(3)26-18)14-6-7-19(14,4)5/h8-11,14,18H,6-7H2,1-5H3/i10D. The summed E-state index contributed by atoms with van der Waals surface area (Å²) in [5, 5.41) is 0. The van der Waals surface area contributed by atoms with Crippen LogP contribution >= 0.6 is 11.8 Å². The van der Waals surface area contributed by atoms with E-state index in [0.29, 0.717) is 6.18 Å². The van der Waals surface area contributed by atoms with Crippen molar-refractivity contribution < 1.29 is 14.9 Å². The number of rotatable bonds is 4. The molecule has 0 N–H and O–H groups in total. The molecular weight excluding hydrogens is 356 g/mol. The van der Waals surface area contributed by atoms with Crippen molar-refractivity contribution in [2.24, 2.45) is 11.3 Å². The molecule has 0 bridgehead atoms. The molecule has 0 spiro atoms. The molecule has 2 atom stereocenters. The number of aromatic nitrogens is 1. The molecule has 1 aromatic rings. The summed E-state index contributed by atoms with van der Waals surface area (Å²) in [4.78, 5) is 20.3. The zero-order chi connectivity index (χ0) is 20.1. The molecule has 1 fully saturated rings. The van der Waals surface area contributed by atoms with Crippen LogP contribution in [0.2, 0.25) is 0 Å². The second kappa shape index (κ2) is 6.83. The first-order valence-corrected chi connectivity index (χ1v) is 9.69. The molecule has 3 rings (SSSR count). The number of halogens is 2. The highest BCUT2D eigenvalue weighted by Crippen LogP contribution is 2.49. The van der Waals surface area contributed by atoms with Crippen molar-refractivity contribution in [2.45, 2.75) is 59.0 Å². The summed E-state index contributed by atoms with van der Waals surface area (Å²) in [7, 11) is 0. The van der Waals surface area contributed by atoms with E-state index in [1.165, 1.54) is 16.7 Å². The quantitative estimate of drug-likeness (QED) is 0.706. The van der Waals surface area contributed by atoms with Crippen LogP contribution in [-0.4, -0.2) is 27.3 Å². The molecular formula is C19H25F2N3OS. The first-order chi connectivity index (χ1) is 12.5. The molecule has 1 aliphatic carbocycles. The van der Waals surface area contributed by atoms with Gasteiger partial charge in [-0.2, -0.15) is 13.8 Å². The fourth-order valence-corrected chi connectivity index (χ4v) is 4.61. The van der Waals surface area contributed by atoms with Gasteiger partial charge in [0.25, 0.3) is 0 Å². The Labute approximate surface area is 159 Å². The molecule has 26 heavy (non-hydrogen) atoms. The summed E-state index contributed by atoms with van der Waals surface area (Å²) in [5.41, 5.74) is -0.407. The van der Waals surface area contributed by atoms with E-state index in [1.54, 1.807) is 13.8 Å². The molecule has 2 heterocycles. The molecule has 1 saturated carbocycles. The molecule has 1 aliphatic heterocycles. The van der Waals surface area contributed by atoms with Crippen molar-refractivity contribution in [1.29, 1.82) is 0 Å². The molecule has 142 valence electrons. The van der Waals surface area contributed by atoms with Crippen molar-refractivity contribution in [3.8, 4) is 0 Å². The average molecular weight is 382 g/mol. The molecule has 4 nitrogen and oxygen atoms in total. The summed E-state index contributed by atoms with van der Waals surface area (Å²) < 4.78 is 36.1. The van der Waals surface area contributed by atoms with Crippen LogP contribution in [0.3, 0.4) is 0 Å². The van der Waals surface area contributed by atoms with Crippen molar-refractivity contribution in [3.05, 3.63) is 35.1 Å². The van der Waals surface area contributed by atoms with Crippen molar-refractivity contribution in [3.63, 3.8) is 0 Å². The minimum absolute atomic E-state index is 0.0109. The van der Waals surface area contributed by atoms with Crippen LogP contribution in [0, 0.1) is 23.2 Å². The normalized spacial score (nSPS) is 25.4. The minimum Gasteiger partial charge on any atom is -0.344 e. The monoisotopic (exact) mass is 382 g/mol. The van der Waals surface area contributed by atoms with E-state index in [-0.39, 0.29) is 29.0 Å². The van der Waals surface area contributed by atoms with Crippen LogP contribution in [0.1, 0.15) is 48.8 Å². The molecule has 0 aromatic carbocycles. The Hall–Kier alpha value is -1.63. The lowest BCUT2D eigenvalue weighted by molar-refractivity contribution is -0.122. The first kappa shape index (κ1) is 17.8. The largest absolute Gasteiger partial charge is 0.344 e. The van der Waals surface area contributed by atoms with Gasteiger partial charge in [0.15, 0.2) is 5.50 Å². The van der Waals surface area contributed by atoms with Gasteiger partial charge in [0.1, 0.15) is 0 Å². The number of allylic oxidation sites excluding steroid dienone is 1. The Morgan fingerprint density at radius 2 is 2.04 bits per heavy atom. The SMILES string of the molecule is [2H]C1=C(C)SC(N(C(=O)C(C)C)c2cc(F)nc(F)c2)N1C1CCC1(C)C. The van der Waals surface area contributed by atoms with Gasteiger partial charge in [-0.1, -0.05) is 39.5 Å². The summed E-state index contributed by atoms with van der Waals surface area (Å²) in [5.74, 6) is -2.56. The fraction of sp³-hybridized carbons (Fsp3) is 0.579. The molecule has 0 saturated heterocycles. The lowest BCUT2D eigenvalue weighted by Crippen LogP contribution is -2.57. The number of carbonyl (C=O) groups excluding carboxylic acids is 1. The van der Waals surface area contributed by atoms with Crippen LogP contribution in [-0.2, 0) is 4.79 Å². The van der Waals surface area contributed by atoms with Crippen LogP contribution in [0.5, 0.6) is 0 Å². The number of anilines is 1. The van der Waals surface area contributed by atoms with E-state index in [0.717, 1.165) is 29.9 Å². The number of pyridine rings is 1. The molecule has 1 amide bonds. The van der Waals surface area contributed by atoms with Crippen LogP contribution in [0.15, 0.2) is 23.2 Å². The Morgan fingerprint density at radius 1 is 1.42 bits per heavy atom. The van der Waals surface area contributed by atoms with Crippen molar-refractivity contribution >= 4 is 23.4 Å². The van der Waals surface area contributed by atoms with Gasteiger partial charge in [-0.05, 0) is 25.2 Å². The lowest BCUT2D eigenvalue weighted by atomic mass is 9.66. The number of hydrogen-bond acceptors (Lipinski definition) is 4. The first-order valence-electron chi connectivity index (χ1n) is 9.31. The topological polar surface area (TPSA) is 36.4 Å². The Bertz CT molecular complexity index is 779. The van der Waals surface area contributed by atoms with E-state index in [2.05, 4.69) is 18.8 Å². The molecule has 2 unspecified atom stereocenters. The van der Waals surface area contributed by atoms with E-state index >= 15 is 0 Å². The smallest absolute Gasteiger partial charge is 0.231 e. The Balaban J connectivity index is 2.07. The maximum Gasteiger partial charge on any atom is 0.231 e. The van der Waals surface area contributed by atoms with E-state index in [4.69, 9.17) is 1.37 Å². The van der Waals surface area contributed by atoms with E-state index < -0.39 is 17.4 Å². The number of amides is 1. The van der Waals surface area contributed by atoms with Gasteiger partial charge < -0.3 is 4.90 Å². The third-order valence-corrected chi connectivity index (χ3v) is 6.18. The third-order valence-electron chi connectivity index (χ3n) is 5.08.